The average Bonchev–Trinajstić information content (AvgIpc) is 2.77. The van der Waals surface area contributed by atoms with Gasteiger partial charge in [0.05, 0.1) is 5.92 Å². The number of piperidine rings is 1. The van der Waals surface area contributed by atoms with Crippen LogP contribution in [0.15, 0.2) is 36.7 Å². The third-order valence-electron chi connectivity index (χ3n) is 5.51. The lowest BCUT2D eigenvalue weighted by atomic mass is 9.97. The van der Waals surface area contributed by atoms with Gasteiger partial charge in [0.2, 0.25) is 11.9 Å². The lowest BCUT2D eigenvalue weighted by molar-refractivity contribution is -0.125. The van der Waals surface area contributed by atoms with Crippen molar-refractivity contribution in [1.82, 2.24) is 20.2 Å². The van der Waals surface area contributed by atoms with Crippen LogP contribution >= 0.6 is 0 Å². The van der Waals surface area contributed by atoms with E-state index in [1.165, 1.54) is 12.1 Å². The number of carbonyl (C=O) groups excluding carboxylic acids is 1. The van der Waals surface area contributed by atoms with E-state index in [9.17, 15) is 9.18 Å². The zero-order valence-corrected chi connectivity index (χ0v) is 17.3. The maximum Gasteiger partial charge on any atom is 0.225 e. The molecule has 1 N–H and O–H groups in total. The summed E-state index contributed by atoms with van der Waals surface area (Å²) in [5.74, 6) is 0.447. The van der Waals surface area contributed by atoms with Crippen LogP contribution in [-0.2, 0) is 4.79 Å². The van der Waals surface area contributed by atoms with E-state index >= 15 is 0 Å². The molecule has 0 spiro atoms. The fourth-order valence-electron chi connectivity index (χ4n) is 3.67. The molecule has 1 aromatic heterocycles. The number of anilines is 1. The van der Waals surface area contributed by atoms with Gasteiger partial charge in [-0.1, -0.05) is 26.0 Å². The molecule has 1 unspecified atom stereocenters. The summed E-state index contributed by atoms with van der Waals surface area (Å²) in [4.78, 5) is 25.9. The highest BCUT2D eigenvalue weighted by atomic mass is 19.1. The van der Waals surface area contributed by atoms with Crippen molar-refractivity contribution in [1.29, 1.82) is 0 Å². The van der Waals surface area contributed by atoms with E-state index in [2.05, 4.69) is 38.9 Å². The van der Waals surface area contributed by atoms with E-state index in [1.807, 2.05) is 0 Å². The van der Waals surface area contributed by atoms with Crippen LogP contribution in [0.2, 0.25) is 0 Å². The van der Waals surface area contributed by atoms with Gasteiger partial charge in [0.15, 0.2) is 0 Å². The van der Waals surface area contributed by atoms with E-state index in [0.29, 0.717) is 19.0 Å². The Hall–Kier alpha value is -2.54. The molecule has 0 saturated carbocycles. The van der Waals surface area contributed by atoms with Gasteiger partial charge in [-0.15, -0.1) is 0 Å². The predicted octanol–water partition coefficient (Wildman–Crippen LogP) is 2.96. The van der Waals surface area contributed by atoms with Gasteiger partial charge < -0.3 is 15.1 Å². The molecule has 6 nitrogen and oxygen atoms in total. The first-order valence-electron chi connectivity index (χ1n) is 10.4. The zero-order valence-electron chi connectivity index (χ0n) is 17.3. The first-order chi connectivity index (χ1) is 14.1. The van der Waals surface area contributed by atoms with Crippen LogP contribution in [0, 0.1) is 11.7 Å². The number of nitrogens with zero attached hydrogens (tertiary/aromatic N) is 4. The molecule has 0 aliphatic carbocycles. The summed E-state index contributed by atoms with van der Waals surface area (Å²) >= 11 is 0. The fourth-order valence-corrected chi connectivity index (χ4v) is 3.67. The van der Waals surface area contributed by atoms with Crippen LogP contribution in [-0.4, -0.2) is 60.0 Å². The zero-order chi connectivity index (χ0) is 20.6. The summed E-state index contributed by atoms with van der Waals surface area (Å²) in [7, 11) is 0. The van der Waals surface area contributed by atoms with Gasteiger partial charge in [-0.2, -0.15) is 0 Å². The average molecular weight is 400 g/mol. The topological polar surface area (TPSA) is 61.4 Å². The van der Waals surface area contributed by atoms with Crippen molar-refractivity contribution in [3.63, 3.8) is 0 Å². The van der Waals surface area contributed by atoms with Crippen LogP contribution in [0.4, 0.5) is 10.3 Å². The molecule has 1 aromatic carbocycles. The summed E-state index contributed by atoms with van der Waals surface area (Å²) < 4.78 is 13.1. The maximum atomic E-state index is 13.1. The largest absolute Gasteiger partial charge is 0.355 e. The molecule has 29 heavy (non-hydrogen) atoms. The molecule has 1 fully saturated rings. The van der Waals surface area contributed by atoms with E-state index in [-0.39, 0.29) is 17.6 Å². The number of hydrogen-bond acceptors (Lipinski definition) is 5. The highest BCUT2D eigenvalue weighted by Gasteiger charge is 2.27. The Bertz CT molecular complexity index is 777. The lowest BCUT2D eigenvalue weighted by Crippen LogP contribution is -2.45. The van der Waals surface area contributed by atoms with Crippen LogP contribution in [0.1, 0.15) is 26.7 Å². The molecule has 2 heterocycles. The van der Waals surface area contributed by atoms with Gasteiger partial charge in [-0.25, -0.2) is 14.4 Å². The Morgan fingerprint density at radius 3 is 2.52 bits per heavy atom. The molecular formula is C22H30FN5O. The van der Waals surface area contributed by atoms with Gasteiger partial charge in [0, 0.05) is 44.1 Å². The Balaban J connectivity index is 1.56. The Morgan fingerprint density at radius 2 is 1.86 bits per heavy atom. The van der Waals surface area contributed by atoms with Crippen LogP contribution < -0.4 is 10.2 Å². The van der Waals surface area contributed by atoms with Crippen molar-refractivity contribution in [3.05, 3.63) is 42.5 Å². The van der Waals surface area contributed by atoms with Crippen LogP contribution in [0.5, 0.6) is 0 Å². The van der Waals surface area contributed by atoms with Crippen molar-refractivity contribution in [3.8, 4) is 11.1 Å². The third-order valence-corrected chi connectivity index (χ3v) is 5.51. The monoisotopic (exact) mass is 399 g/mol. The normalized spacial score (nSPS) is 16.8. The first kappa shape index (κ1) is 21.2. The van der Waals surface area contributed by atoms with Crippen molar-refractivity contribution in [2.75, 3.05) is 44.2 Å². The lowest BCUT2D eigenvalue weighted by Gasteiger charge is -2.32. The Kier molecular flexibility index (Phi) is 7.52. The molecule has 3 rings (SSSR count). The Labute approximate surface area is 172 Å². The third kappa shape index (κ3) is 5.73. The summed E-state index contributed by atoms with van der Waals surface area (Å²) in [6, 6.07) is 6.29. The Morgan fingerprint density at radius 1 is 1.17 bits per heavy atom. The number of benzene rings is 1. The molecule has 0 bridgehead atoms. The van der Waals surface area contributed by atoms with Crippen molar-refractivity contribution >= 4 is 11.9 Å². The molecule has 1 aliphatic rings. The second kappa shape index (κ2) is 10.3. The quantitative estimate of drug-likeness (QED) is 0.740. The van der Waals surface area contributed by atoms with Crippen molar-refractivity contribution in [2.24, 2.45) is 5.92 Å². The van der Waals surface area contributed by atoms with E-state index in [4.69, 9.17) is 0 Å². The van der Waals surface area contributed by atoms with Gasteiger partial charge in [0.25, 0.3) is 0 Å². The molecule has 1 amide bonds. The predicted molar refractivity (Wildman–Crippen MR) is 113 cm³/mol. The molecule has 1 aliphatic heterocycles. The van der Waals surface area contributed by atoms with Gasteiger partial charge in [0.1, 0.15) is 5.82 Å². The second-order valence-electron chi connectivity index (χ2n) is 7.38. The minimum Gasteiger partial charge on any atom is -0.355 e. The number of hydrogen-bond donors (Lipinski definition) is 1. The van der Waals surface area contributed by atoms with E-state index < -0.39 is 0 Å². The second-order valence-corrected chi connectivity index (χ2v) is 7.38. The highest BCUT2D eigenvalue weighted by molar-refractivity contribution is 5.79. The standard InChI is InChI=1S/C22H30FN5O/c1-3-27(4-2)13-11-24-21(29)18-6-5-12-28(16-18)22-25-14-19(15-26-22)17-7-9-20(23)10-8-17/h7-10,14-15,18H,3-6,11-13,16H2,1-2H3,(H,24,29). The molecule has 0 radical (unpaired) electrons. The van der Waals surface area contributed by atoms with Gasteiger partial charge in [-0.3, -0.25) is 4.79 Å². The number of aromatic nitrogens is 2. The van der Waals surface area contributed by atoms with Crippen LogP contribution in [0.25, 0.3) is 11.1 Å². The summed E-state index contributed by atoms with van der Waals surface area (Å²) in [5, 5.41) is 3.08. The number of halogens is 1. The highest BCUT2D eigenvalue weighted by Crippen LogP contribution is 2.23. The summed E-state index contributed by atoms with van der Waals surface area (Å²) in [6.45, 7) is 9.29. The molecule has 7 heteroatoms. The minimum atomic E-state index is -0.263. The van der Waals surface area contributed by atoms with Gasteiger partial charge >= 0.3 is 0 Å². The molecule has 1 saturated heterocycles. The molecule has 1 atom stereocenters. The van der Waals surface area contributed by atoms with E-state index in [1.54, 1.807) is 24.5 Å². The molecule has 2 aromatic rings. The first-order valence-corrected chi connectivity index (χ1v) is 10.4. The molecular weight excluding hydrogens is 369 g/mol. The summed E-state index contributed by atoms with van der Waals surface area (Å²) in [5.41, 5.74) is 1.72. The number of nitrogens with one attached hydrogen (secondary N) is 1. The van der Waals surface area contributed by atoms with Gasteiger partial charge in [-0.05, 0) is 43.6 Å². The summed E-state index contributed by atoms with van der Waals surface area (Å²) in [6.07, 6.45) is 5.34. The number of amides is 1. The minimum absolute atomic E-state index is 0.0409. The maximum absolute atomic E-state index is 13.1. The van der Waals surface area contributed by atoms with Crippen LogP contribution in [0.3, 0.4) is 0 Å². The number of carbonyl (C=O) groups is 1. The smallest absolute Gasteiger partial charge is 0.225 e. The SMILES string of the molecule is CCN(CC)CCNC(=O)C1CCCN(c2ncc(-c3ccc(F)cc3)cn2)C1. The molecule has 156 valence electrons. The van der Waals surface area contributed by atoms with Crippen molar-refractivity contribution < 1.29 is 9.18 Å². The fraction of sp³-hybridized carbons (Fsp3) is 0.500. The number of likely N-dealkylation sites (N-methyl/N-ethyl adjacent to an activating group) is 1. The van der Waals surface area contributed by atoms with E-state index in [0.717, 1.165) is 50.1 Å². The van der Waals surface area contributed by atoms with Crippen molar-refractivity contribution in [2.45, 2.75) is 26.7 Å². The number of rotatable bonds is 8.